The highest BCUT2D eigenvalue weighted by atomic mass is 32.2. The van der Waals surface area contributed by atoms with Crippen LogP contribution in [-0.2, 0) is 4.74 Å². The molecule has 0 atom stereocenters. The van der Waals surface area contributed by atoms with Gasteiger partial charge in [0.25, 0.3) is 0 Å². The first-order valence-corrected chi connectivity index (χ1v) is 9.81. The molecule has 0 amide bonds. The van der Waals surface area contributed by atoms with Crippen molar-refractivity contribution in [3.63, 3.8) is 0 Å². The summed E-state index contributed by atoms with van der Waals surface area (Å²) in [6.07, 6.45) is 6.44. The van der Waals surface area contributed by atoms with Gasteiger partial charge < -0.3 is 15.0 Å². The smallest absolute Gasteiger partial charge is 0.225 e. The molecular weight excluding hydrogens is 322 g/mol. The van der Waals surface area contributed by atoms with Crippen LogP contribution < -0.4 is 10.2 Å². The average molecular weight is 347 g/mol. The lowest BCUT2D eigenvalue weighted by Crippen LogP contribution is -2.49. The molecule has 1 aromatic rings. The quantitative estimate of drug-likeness (QED) is 0.887. The van der Waals surface area contributed by atoms with Gasteiger partial charge in [-0.3, -0.25) is 4.90 Å². The Balaban J connectivity index is 1.37. The van der Waals surface area contributed by atoms with Crippen molar-refractivity contribution in [2.24, 2.45) is 0 Å². The number of anilines is 1. The van der Waals surface area contributed by atoms with Crippen LogP contribution in [0, 0.1) is 0 Å². The van der Waals surface area contributed by atoms with E-state index in [2.05, 4.69) is 26.2 Å². The molecule has 0 radical (unpaired) electrons. The van der Waals surface area contributed by atoms with Crippen LogP contribution in [0.15, 0.2) is 17.2 Å². The van der Waals surface area contributed by atoms with Crippen LogP contribution in [0.4, 0.5) is 5.95 Å². The maximum absolute atomic E-state index is 5.46. The van der Waals surface area contributed by atoms with Gasteiger partial charge in [-0.15, -0.1) is 11.8 Å². The molecule has 24 heavy (non-hydrogen) atoms. The van der Waals surface area contributed by atoms with E-state index < -0.39 is 0 Å². The van der Waals surface area contributed by atoms with Crippen LogP contribution in [0.5, 0.6) is 0 Å². The average Bonchev–Trinajstić information content (AvgIpc) is 3.16. The van der Waals surface area contributed by atoms with Gasteiger partial charge in [0.1, 0.15) is 0 Å². The predicted octanol–water partition coefficient (Wildman–Crippen LogP) is 1.41. The Morgan fingerprint density at radius 1 is 1.21 bits per heavy atom. The van der Waals surface area contributed by atoms with Crippen molar-refractivity contribution in [2.45, 2.75) is 18.9 Å². The fraction of sp³-hybridized carbons (Fsp3) is 0.647. The molecule has 0 bridgehead atoms. The molecule has 0 unspecified atom stereocenters. The van der Waals surface area contributed by atoms with Crippen LogP contribution >= 0.6 is 11.8 Å². The predicted molar refractivity (Wildman–Crippen MR) is 98.1 cm³/mol. The van der Waals surface area contributed by atoms with E-state index in [1.165, 1.54) is 17.7 Å². The number of hydrogen-bond donors (Lipinski definition) is 1. The van der Waals surface area contributed by atoms with Crippen molar-refractivity contribution in [2.75, 3.05) is 56.7 Å². The molecular formula is C17H25N5OS. The first-order chi connectivity index (χ1) is 11.9. The third-order valence-corrected chi connectivity index (χ3v) is 5.92. The summed E-state index contributed by atoms with van der Waals surface area (Å²) in [6, 6.07) is 2.69. The van der Waals surface area contributed by atoms with Gasteiger partial charge in [-0.25, -0.2) is 9.97 Å². The maximum atomic E-state index is 5.46. The van der Waals surface area contributed by atoms with E-state index in [9.17, 15) is 0 Å². The van der Waals surface area contributed by atoms with Crippen LogP contribution in [0.2, 0.25) is 0 Å². The van der Waals surface area contributed by atoms with Gasteiger partial charge in [-0.1, -0.05) is 0 Å². The minimum Gasteiger partial charge on any atom is -0.379 e. The molecule has 4 heterocycles. The number of thioether (sulfide) groups is 1. The zero-order valence-corrected chi connectivity index (χ0v) is 14.8. The third-order valence-electron chi connectivity index (χ3n) is 4.94. The van der Waals surface area contributed by atoms with E-state index in [-0.39, 0.29) is 0 Å². The van der Waals surface area contributed by atoms with Gasteiger partial charge in [0.2, 0.25) is 5.95 Å². The summed E-state index contributed by atoms with van der Waals surface area (Å²) in [5.41, 5.74) is 1.02. The zero-order chi connectivity index (χ0) is 16.2. The van der Waals surface area contributed by atoms with E-state index in [4.69, 9.17) is 9.72 Å². The van der Waals surface area contributed by atoms with Gasteiger partial charge in [-0.05, 0) is 25.0 Å². The number of aromatic nitrogens is 2. The van der Waals surface area contributed by atoms with Crippen molar-refractivity contribution in [3.8, 4) is 0 Å². The topological polar surface area (TPSA) is 53.5 Å². The number of ether oxygens (including phenoxy) is 1. The Morgan fingerprint density at radius 2 is 2.04 bits per heavy atom. The molecule has 0 spiro atoms. The molecule has 3 aliphatic rings. The molecule has 1 N–H and O–H groups in total. The molecule has 3 saturated heterocycles. The second-order valence-electron chi connectivity index (χ2n) is 6.47. The Bertz CT molecular complexity index is 574. The van der Waals surface area contributed by atoms with Crippen LogP contribution in [-0.4, -0.2) is 72.7 Å². The first-order valence-electron chi connectivity index (χ1n) is 8.82. The Kier molecular flexibility index (Phi) is 5.32. The highest BCUT2D eigenvalue weighted by Gasteiger charge is 2.26. The highest BCUT2D eigenvalue weighted by Crippen LogP contribution is 2.23. The lowest BCUT2D eigenvalue weighted by atomic mass is 10.0. The fourth-order valence-corrected chi connectivity index (χ4v) is 4.39. The zero-order valence-electron chi connectivity index (χ0n) is 14.0. The number of hydrogen-bond acceptors (Lipinski definition) is 7. The van der Waals surface area contributed by atoms with Gasteiger partial charge in [-0.2, -0.15) is 0 Å². The summed E-state index contributed by atoms with van der Waals surface area (Å²) in [4.78, 5) is 15.5. The fourth-order valence-electron chi connectivity index (χ4n) is 3.59. The van der Waals surface area contributed by atoms with Gasteiger partial charge in [0.15, 0.2) is 0 Å². The minimum absolute atomic E-state index is 0.691. The highest BCUT2D eigenvalue weighted by molar-refractivity contribution is 8.03. The Morgan fingerprint density at radius 3 is 2.79 bits per heavy atom. The van der Waals surface area contributed by atoms with Gasteiger partial charge >= 0.3 is 0 Å². The van der Waals surface area contributed by atoms with Crippen LogP contribution in [0.25, 0.3) is 6.08 Å². The van der Waals surface area contributed by atoms with E-state index in [0.29, 0.717) is 6.04 Å². The molecule has 0 aliphatic carbocycles. The molecule has 3 aliphatic heterocycles. The van der Waals surface area contributed by atoms with E-state index in [1.807, 2.05) is 24.0 Å². The SMILES string of the molecule is C(=C1\CNCS1)/c1ccnc(N2CCC(N3CCOCC3)CC2)n1. The van der Waals surface area contributed by atoms with Crippen molar-refractivity contribution in [3.05, 3.63) is 22.9 Å². The summed E-state index contributed by atoms with van der Waals surface area (Å²) < 4.78 is 5.46. The first kappa shape index (κ1) is 16.3. The summed E-state index contributed by atoms with van der Waals surface area (Å²) >= 11 is 1.85. The summed E-state index contributed by atoms with van der Waals surface area (Å²) in [5, 5.41) is 3.33. The number of morpholine rings is 1. The molecule has 130 valence electrons. The van der Waals surface area contributed by atoms with Crippen LogP contribution in [0.3, 0.4) is 0 Å². The molecule has 4 rings (SSSR count). The largest absolute Gasteiger partial charge is 0.379 e. The molecule has 0 aromatic carbocycles. The monoisotopic (exact) mass is 347 g/mol. The molecule has 6 nitrogen and oxygen atoms in total. The van der Waals surface area contributed by atoms with Crippen molar-refractivity contribution < 1.29 is 4.74 Å². The Labute approximate surface area is 147 Å². The molecule has 3 fully saturated rings. The lowest BCUT2D eigenvalue weighted by molar-refractivity contribution is 0.0114. The minimum atomic E-state index is 0.691. The summed E-state index contributed by atoms with van der Waals surface area (Å²) in [5.74, 6) is 1.87. The third kappa shape index (κ3) is 3.91. The second kappa shape index (κ2) is 7.82. The maximum Gasteiger partial charge on any atom is 0.225 e. The van der Waals surface area contributed by atoms with Crippen molar-refractivity contribution in [1.82, 2.24) is 20.2 Å². The number of rotatable bonds is 3. The normalized spacial score (nSPS) is 25.5. The van der Waals surface area contributed by atoms with Crippen molar-refractivity contribution >= 4 is 23.8 Å². The standard InChI is InChI=1S/C17H25N5OS/c1-4-19-17(20-14(1)11-16-12-18-13-24-16)22-5-2-15(3-6-22)21-7-9-23-10-8-21/h1,4,11,15,18H,2-3,5-10,12-13H2/b16-11-. The van der Waals surface area contributed by atoms with E-state index in [0.717, 1.165) is 63.5 Å². The number of nitrogens with zero attached hydrogens (tertiary/aromatic N) is 4. The summed E-state index contributed by atoms with van der Waals surface area (Å²) in [6.45, 7) is 6.96. The van der Waals surface area contributed by atoms with E-state index in [1.54, 1.807) is 0 Å². The lowest BCUT2D eigenvalue weighted by Gasteiger charge is -2.40. The Hall–Kier alpha value is -1.15. The summed E-state index contributed by atoms with van der Waals surface area (Å²) in [7, 11) is 0. The van der Waals surface area contributed by atoms with Crippen LogP contribution in [0.1, 0.15) is 18.5 Å². The van der Waals surface area contributed by atoms with Gasteiger partial charge in [0.05, 0.1) is 18.9 Å². The molecule has 7 heteroatoms. The second-order valence-corrected chi connectivity index (χ2v) is 7.58. The molecule has 1 aromatic heterocycles. The van der Waals surface area contributed by atoms with E-state index >= 15 is 0 Å². The number of nitrogens with one attached hydrogen (secondary N) is 1. The van der Waals surface area contributed by atoms with Crippen molar-refractivity contribution in [1.29, 1.82) is 0 Å². The molecule has 0 saturated carbocycles. The van der Waals surface area contributed by atoms with Gasteiger partial charge in [0, 0.05) is 55.7 Å². The number of piperidine rings is 1.